The van der Waals surface area contributed by atoms with Crippen LogP contribution >= 0.6 is 12.4 Å². The van der Waals surface area contributed by atoms with Crippen molar-refractivity contribution in [1.82, 2.24) is 15.2 Å². The summed E-state index contributed by atoms with van der Waals surface area (Å²) in [6.07, 6.45) is 4.50. The highest BCUT2D eigenvalue weighted by atomic mass is 35.5. The number of hydrogen-bond donors (Lipinski definition) is 1. The Labute approximate surface area is 139 Å². The molecule has 0 saturated carbocycles. The molecule has 1 aliphatic rings. The monoisotopic (exact) mass is 319 g/mol. The van der Waals surface area contributed by atoms with Crippen LogP contribution in [-0.4, -0.2) is 36.1 Å². The van der Waals surface area contributed by atoms with Crippen LogP contribution < -0.4 is 5.32 Å². The maximum atomic E-state index is 4.39. The van der Waals surface area contributed by atoms with Crippen LogP contribution in [0.2, 0.25) is 0 Å². The normalized spacial score (nSPS) is 16.6. The van der Waals surface area contributed by atoms with Crippen molar-refractivity contribution in [3.63, 3.8) is 0 Å². The van der Waals surface area contributed by atoms with Crippen molar-refractivity contribution in [2.75, 3.05) is 26.2 Å². The van der Waals surface area contributed by atoms with Crippen LogP contribution in [0.3, 0.4) is 0 Å². The van der Waals surface area contributed by atoms with Gasteiger partial charge in [0.2, 0.25) is 0 Å². The second kappa shape index (κ2) is 8.47. The lowest BCUT2D eigenvalue weighted by molar-refractivity contribution is 0.176. The van der Waals surface area contributed by atoms with E-state index in [9.17, 15) is 0 Å². The Hall–Kier alpha value is -1.16. The van der Waals surface area contributed by atoms with Gasteiger partial charge in [-0.15, -0.1) is 12.4 Å². The first kappa shape index (κ1) is 17.2. The average molecular weight is 320 g/mol. The van der Waals surface area contributed by atoms with Crippen molar-refractivity contribution in [3.05, 3.63) is 42.1 Å². The van der Waals surface area contributed by atoms with Gasteiger partial charge >= 0.3 is 0 Å². The fourth-order valence-corrected chi connectivity index (χ4v) is 3.18. The first-order valence-electron chi connectivity index (χ1n) is 8.12. The lowest BCUT2D eigenvalue weighted by atomic mass is 9.96. The van der Waals surface area contributed by atoms with Crippen molar-refractivity contribution < 1.29 is 0 Å². The number of aromatic nitrogens is 1. The predicted octanol–water partition coefficient (Wildman–Crippen LogP) is 3.48. The molecule has 3 rings (SSSR count). The standard InChI is InChI=1S/C18H25N3.ClH/c1-2-19-13-15-7-10-21(11-8-15)14-16-5-6-18-17(12-16)4-3-9-20-18;/h3-6,9,12,15,19H,2,7-8,10-11,13-14H2,1H3;1H. The molecule has 1 aromatic carbocycles. The highest BCUT2D eigenvalue weighted by Crippen LogP contribution is 2.20. The van der Waals surface area contributed by atoms with Crippen LogP contribution in [0.1, 0.15) is 25.3 Å². The van der Waals surface area contributed by atoms with Gasteiger partial charge in [-0.25, -0.2) is 0 Å². The van der Waals surface area contributed by atoms with Gasteiger partial charge in [0.15, 0.2) is 0 Å². The quantitative estimate of drug-likeness (QED) is 0.914. The number of pyridine rings is 1. The smallest absolute Gasteiger partial charge is 0.0702 e. The van der Waals surface area contributed by atoms with Gasteiger partial charge in [0.05, 0.1) is 5.52 Å². The summed E-state index contributed by atoms with van der Waals surface area (Å²) < 4.78 is 0. The zero-order valence-corrected chi connectivity index (χ0v) is 14.1. The van der Waals surface area contributed by atoms with Crippen LogP contribution in [0, 0.1) is 5.92 Å². The molecule has 22 heavy (non-hydrogen) atoms. The van der Waals surface area contributed by atoms with Gasteiger partial charge < -0.3 is 5.32 Å². The summed E-state index contributed by atoms with van der Waals surface area (Å²) in [7, 11) is 0. The third-order valence-corrected chi connectivity index (χ3v) is 4.46. The second-order valence-corrected chi connectivity index (χ2v) is 6.06. The lowest BCUT2D eigenvalue weighted by Crippen LogP contribution is -2.36. The molecule has 1 aliphatic heterocycles. The molecule has 1 fully saturated rings. The largest absolute Gasteiger partial charge is 0.317 e. The summed E-state index contributed by atoms with van der Waals surface area (Å²) in [6, 6.07) is 10.8. The van der Waals surface area contributed by atoms with Crippen molar-refractivity contribution in [1.29, 1.82) is 0 Å². The van der Waals surface area contributed by atoms with Gasteiger partial charge in [-0.1, -0.05) is 19.1 Å². The van der Waals surface area contributed by atoms with E-state index in [1.165, 1.54) is 43.4 Å². The number of benzene rings is 1. The minimum absolute atomic E-state index is 0. The Morgan fingerprint density at radius 1 is 1.23 bits per heavy atom. The van der Waals surface area contributed by atoms with E-state index in [0.29, 0.717) is 0 Å². The third kappa shape index (κ3) is 4.42. The zero-order valence-electron chi connectivity index (χ0n) is 13.3. The number of likely N-dealkylation sites (tertiary alicyclic amines) is 1. The summed E-state index contributed by atoms with van der Waals surface area (Å²) in [5.41, 5.74) is 2.49. The first-order chi connectivity index (χ1) is 10.3. The Morgan fingerprint density at radius 2 is 2.05 bits per heavy atom. The summed E-state index contributed by atoms with van der Waals surface area (Å²) in [4.78, 5) is 6.97. The number of nitrogens with zero attached hydrogens (tertiary/aromatic N) is 2. The molecule has 0 amide bonds. The number of halogens is 1. The van der Waals surface area contributed by atoms with Crippen LogP contribution in [-0.2, 0) is 6.54 Å². The zero-order chi connectivity index (χ0) is 14.5. The molecule has 2 heterocycles. The number of piperidine rings is 1. The van der Waals surface area contributed by atoms with Crippen molar-refractivity contribution >= 4 is 23.3 Å². The number of nitrogens with one attached hydrogen (secondary N) is 1. The van der Waals surface area contributed by atoms with E-state index in [1.807, 2.05) is 12.3 Å². The van der Waals surface area contributed by atoms with Gasteiger partial charge in [-0.3, -0.25) is 9.88 Å². The summed E-state index contributed by atoms with van der Waals surface area (Å²) in [6.45, 7) is 7.97. The van der Waals surface area contributed by atoms with E-state index in [-0.39, 0.29) is 12.4 Å². The molecule has 0 spiro atoms. The molecule has 0 aliphatic carbocycles. The Balaban J connectivity index is 0.00000176. The molecule has 0 unspecified atom stereocenters. The Morgan fingerprint density at radius 3 is 2.82 bits per heavy atom. The minimum Gasteiger partial charge on any atom is -0.317 e. The van der Waals surface area contributed by atoms with E-state index < -0.39 is 0 Å². The summed E-state index contributed by atoms with van der Waals surface area (Å²) in [5.74, 6) is 0.863. The van der Waals surface area contributed by atoms with Gasteiger partial charge in [0.25, 0.3) is 0 Å². The van der Waals surface area contributed by atoms with Gasteiger partial charge in [0.1, 0.15) is 0 Å². The van der Waals surface area contributed by atoms with Gasteiger partial charge in [0, 0.05) is 18.1 Å². The van der Waals surface area contributed by atoms with E-state index >= 15 is 0 Å². The molecular weight excluding hydrogens is 294 g/mol. The number of fused-ring (bicyclic) bond motifs is 1. The van der Waals surface area contributed by atoms with E-state index in [4.69, 9.17) is 0 Å². The van der Waals surface area contributed by atoms with Crippen LogP contribution in [0.15, 0.2) is 36.5 Å². The fourth-order valence-electron chi connectivity index (χ4n) is 3.18. The molecule has 0 radical (unpaired) electrons. The molecule has 1 saturated heterocycles. The molecule has 1 aromatic heterocycles. The van der Waals surface area contributed by atoms with E-state index in [1.54, 1.807) is 0 Å². The lowest BCUT2D eigenvalue weighted by Gasteiger charge is -2.32. The molecule has 1 N–H and O–H groups in total. The van der Waals surface area contributed by atoms with Crippen LogP contribution in [0.4, 0.5) is 0 Å². The minimum atomic E-state index is 0. The van der Waals surface area contributed by atoms with Crippen molar-refractivity contribution in [3.8, 4) is 0 Å². The Kier molecular flexibility index (Phi) is 6.62. The van der Waals surface area contributed by atoms with Crippen molar-refractivity contribution in [2.45, 2.75) is 26.3 Å². The van der Waals surface area contributed by atoms with E-state index in [2.05, 4.69) is 46.4 Å². The topological polar surface area (TPSA) is 28.2 Å². The molecular formula is C18H26ClN3. The number of hydrogen-bond acceptors (Lipinski definition) is 3. The second-order valence-electron chi connectivity index (χ2n) is 6.06. The average Bonchev–Trinajstić information content (AvgIpc) is 2.54. The summed E-state index contributed by atoms with van der Waals surface area (Å²) >= 11 is 0. The third-order valence-electron chi connectivity index (χ3n) is 4.46. The first-order valence-corrected chi connectivity index (χ1v) is 8.12. The maximum absolute atomic E-state index is 4.39. The predicted molar refractivity (Wildman–Crippen MR) is 95.5 cm³/mol. The van der Waals surface area contributed by atoms with Crippen LogP contribution in [0.25, 0.3) is 10.9 Å². The van der Waals surface area contributed by atoms with E-state index in [0.717, 1.165) is 24.5 Å². The molecule has 0 bridgehead atoms. The highest BCUT2D eigenvalue weighted by molar-refractivity contribution is 5.85. The van der Waals surface area contributed by atoms with Gasteiger partial charge in [-0.05, 0) is 68.7 Å². The molecule has 3 nitrogen and oxygen atoms in total. The van der Waals surface area contributed by atoms with Gasteiger partial charge in [-0.2, -0.15) is 0 Å². The molecule has 120 valence electrons. The maximum Gasteiger partial charge on any atom is 0.0702 e. The van der Waals surface area contributed by atoms with Crippen LogP contribution in [0.5, 0.6) is 0 Å². The summed E-state index contributed by atoms with van der Waals surface area (Å²) in [5, 5.41) is 4.72. The molecule has 2 aromatic rings. The Bertz CT molecular complexity index is 579. The highest BCUT2D eigenvalue weighted by Gasteiger charge is 2.18. The number of rotatable bonds is 5. The molecule has 0 atom stereocenters. The molecule has 4 heteroatoms. The SMILES string of the molecule is CCNCC1CCN(Cc2ccc3ncccc3c2)CC1.Cl. The van der Waals surface area contributed by atoms with Crippen molar-refractivity contribution in [2.24, 2.45) is 5.92 Å². The fraction of sp³-hybridized carbons (Fsp3) is 0.500.